The third kappa shape index (κ3) is 4.19. The molecule has 0 aliphatic rings. The van der Waals surface area contributed by atoms with Crippen molar-refractivity contribution in [1.29, 1.82) is 0 Å². The van der Waals surface area contributed by atoms with Gasteiger partial charge in [0.25, 0.3) is 5.78 Å². The van der Waals surface area contributed by atoms with Gasteiger partial charge in [-0.2, -0.15) is 0 Å². The molecule has 2 rings (SSSR count). The Morgan fingerprint density at radius 3 is 2.58 bits per heavy atom. The maximum absolute atomic E-state index is 11.5. The van der Waals surface area contributed by atoms with Crippen LogP contribution in [0.5, 0.6) is 0 Å². The average Bonchev–Trinajstić information content (AvgIpc) is 2.96. The number of benzene rings is 1. The first kappa shape index (κ1) is 13.2. The Morgan fingerprint density at radius 2 is 1.89 bits per heavy atom. The molecule has 0 fully saturated rings. The van der Waals surface area contributed by atoms with Crippen molar-refractivity contribution in [3.8, 4) is 0 Å². The van der Waals surface area contributed by atoms with Gasteiger partial charge in [-0.25, -0.2) is 4.79 Å². The quantitative estimate of drug-likeness (QED) is 0.477. The van der Waals surface area contributed by atoms with Crippen LogP contribution in [0.2, 0.25) is 0 Å². The highest BCUT2D eigenvalue weighted by atomic mass is 32.1. The van der Waals surface area contributed by atoms with Gasteiger partial charge in [-0.05, 0) is 29.2 Å². The Balaban J connectivity index is 1.85. The van der Waals surface area contributed by atoms with Crippen LogP contribution in [0.3, 0.4) is 0 Å². The summed E-state index contributed by atoms with van der Waals surface area (Å²) in [4.78, 5) is 23.9. The Bertz CT molecular complexity index is 571. The summed E-state index contributed by atoms with van der Waals surface area (Å²) in [5, 5.41) is 1.90. The monoisotopic (exact) mass is 272 g/mol. The molecule has 0 amide bonds. The lowest BCUT2D eigenvalue weighted by molar-refractivity contribution is -0.152. The van der Waals surface area contributed by atoms with Crippen LogP contribution in [-0.4, -0.2) is 11.8 Å². The second-order valence-electron chi connectivity index (χ2n) is 3.77. The number of ether oxygens (including phenoxy) is 1. The summed E-state index contributed by atoms with van der Waals surface area (Å²) in [6.45, 7) is 0.109. The molecule has 0 saturated heterocycles. The molecule has 0 spiro atoms. The van der Waals surface area contributed by atoms with Gasteiger partial charge < -0.3 is 4.74 Å². The van der Waals surface area contributed by atoms with Gasteiger partial charge in [0.05, 0.1) is 0 Å². The van der Waals surface area contributed by atoms with Crippen LogP contribution in [0.4, 0.5) is 0 Å². The van der Waals surface area contributed by atoms with E-state index in [2.05, 4.69) is 0 Å². The predicted octanol–water partition coefficient (Wildman–Crippen LogP) is 3.07. The number of rotatable bonds is 5. The Kier molecular flexibility index (Phi) is 4.64. The van der Waals surface area contributed by atoms with Gasteiger partial charge in [0.1, 0.15) is 6.61 Å². The molecule has 19 heavy (non-hydrogen) atoms. The van der Waals surface area contributed by atoms with Crippen LogP contribution in [0.15, 0.2) is 53.9 Å². The summed E-state index contributed by atoms with van der Waals surface area (Å²) < 4.78 is 4.92. The van der Waals surface area contributed by atoms with Gasteiger partial charge in [0.15, 0.2) is 0 Å². The smallest absolute Gasteiger partial charge is 0.379 e. The SMILES string of the molecule is O=C(/C=C/c1cccs1)C(=O)OCc1ccccc1. The largest absolute Gasteiger partial charge is 0.455 e. The van der Waals surface area contributed by atoms with Crippen LogP contribution in [0, 0.1) is 0 Å². The number of carbonyl (C=O) groups excluding carboxylic acids is 2. The number of carbonyl (C=O) groups is 2. The number of thiophene rings is 1. The van der Waals surface area contributed by atoms with E-state index in [9.17, 15) is 9.59 Å². The lowest BCUT2D eigenvalue weighted by atomic mass is 10.2. The predicted molar refractivity (Wildman–Crippen MR) is 74.6 cm³/mol. The molecule has 0 aliphatic heterocycles. The van der Waals surface area contributed by atoms with E-state index in [4.69, 9.17) is 4.74 Å². The lowest BCUT2D eigenvalue weighted by Crippen LogP contribution is -2.14. The van der Waals surface area contributed by atoms with Crippen molar-refractivity contribution in [1.82, 2.24) is 0 Å². The summed E-state index contributed by atoms with van der Waals surface area (Å²) in [7, 11) is 0. The van der Waals surface area contributed by atoms with E-state index in [1.165, 1.54) is 17.4 Å². The summed E-state index contributed by atoms with van der Waals surface area (Å²) in [6.07, 6.45) is 2.84. The fraction of sp³-hybridized carbons (Fsp3) is 0.0667. The topological polar surface area (TPSA) is 43.4 Å². The Morgan fingerprint density at radius 1 is 1.11 bits per heavy atom. The highest BCUT2D eigenvalue weighted by molar-refractivity contribution is 7.10. The van der Waals surface area contributed by atoms with E-state index in [1.54, 1.807) is 6.08 Å². The highest BCUT2D eigenvalue weighted by Crippen LogP contribution is 2.10. The minimum atomic E-state index is -0.836. The molecule has 3 nitrogen and oxygen atoms in total. The fourth-order valence-corrected chi connectivity index (χ4v) is 2.02. The molecule has 0 aliphatic carbocycles. The Labute approximate surface area is 115 Å². The van der Waals surface area contributed by atoms with E-state index >= 15 is 0 Å². The summed E-state index contributed by atoms with van der Waals surface area (Å²) >= 11 is 1.50. The van der Waals surface area contributed by atoms with Gasteiger partial charge in [0.2, 0.25) is 0 Å². The maximum atomic E-state index is 11.5. The van der Waals surface area contributed by atoms with Gasteiger partial charge in [0, 0.05) is 4.88 Å². The molecule has 0 saturated carbocycles. The van der Waals surface area contributed by atoms with Crippen molar-refractivity contribution in [3.63, 3.8) is 0 Å². The molecule has 1 aromatic heterocycles. The van der Waals surface area contributed by atoms with Crippen LogP contribution in [0.1, 0.15) is 10.4 Å². The van der Waals surface area contributed by atoms with Crippen molar-refractivity contribution in [2.75, 3.05) is 0 Å². The molecule has 1 aromatic carbocycles. The zero-order chi connectivity index (χ0) is 13.5. The standard InChI is InChI=1S/C15H12O3S/c16-14(9-8-13-7-4-10-19-13)15(17)18-11-12-5-2-1-3-6-12/h1-10H,11H2/b9-8+. The van der Waals surface area contributed by atoms with Crippen molar-refractivity contribution >= 4 is 29.2 Å². The highest BCUT2D eigenvalue weighted by Gasteiger charge is 2.11. The Hall–Kier alpha value is -2.20. The second-order valence-corrected chi connectivity index (χ2v) is 4.75. The first-order valence-electron chi connectivity index (χ1n) is 5.72. The zero-order valence-corrected chi connectivity index (χ0v) is 10.9. The summed E-state index contributed by atoms with van der Waals surface area (Å²) in [6, 6.07) is 13.0. The van der Waals surface area contributed by atoms with Gasteiger partial charge in [-0.15, -0.1) is 11.3 Å². The fourth-order valence-electron chi connectivity index (χ4n) is 1.41. The van der Waals surface area contributed by atoms with E-state index in [-0.39, 0.29) is 6.61 Å². The number of hydrogen-bond donors (Lipinski definition) is 0. The van der Waals surface area contributed by atoms with Crippen LogP contribution in [0.25, 0.3) is 6.08 Å². The molecule has 0 bridgehead atoms. The van der Waals surface area contributed by atoms with E-state index < -0.39 is 11.8 Å². The molecule has 1 heterocycles. The van der Waals surface area contributed by atoms with Crippen LogP contribution >= 0.6 is 11.3 Å². The van der Waals surface area contributed by atoms with E-state index in [0.29, 0.717) is 0 Å². The molecule has 0 unspecified atom stereocenters. The van der Waals surface area contributed by atoms with Crippen LogP contribution < -0.4 is 0 Å². The third-order valence-electron chi connectivity index (χ3n) is 2.36. The summed E-state index contributed by atoms with van der Waals surface area (Å²) in [5.41, 5.74) is 0.853. The number of ketones is 1. The molecule has 4 heteroatoms. The zero-order valence-electron chi connectivity index (χ0n) is 10.1. The molecule has 96 valence electrons. The molecular formula is C15H12O3S. The summed E-state index contributed by atoms with van der Waals surface area (Å²) in [5.74, 6) is -1.49. The van der Waals surface area contributed by atoms with E-state index in [0.717, 1.165) is 10.4 Å². The minimum Gasteiger partial charge on any atom is -0.455 e. The van der Waals surface area contributed by atoms with Crippen molar-refractivity contribution in [2.45, 2.75) is 6.61 Å². The van der Waals surface area contributed by atoms with Gasteiger partial charge in [-0.3, -0.25) is 4.79 Å². The molecule has 0 N–H and O–H groups in total. The number of esters is 1. The van der Waals surface area contributed by atoms with Crippen LogP contribution in [-0.2, 0) is 20.9 Å². The number of hydrogen-bond acceptors (Lipinski definition) is 4. The molecular weight excluding hydrogens is 260 g/mol. The first-order chi connectivity index (χ1) is 9.25. The average molecular weight is 272 g/mol. The second kappa shape index (κ2) is 6.66. The van der Waals surface area contributed by atoms with E-state index in [1.807, 2.05) is 47.8 Å². The van der Waals surface area contributed by atoms with Gasteiger partial charge in [-0.1, -0.05) is 36.4 Å². The third-order valence-corrected chi connectivity index (χ3v) is 3.19. The van der Waals surface area contributed by atoms with Crippen molar-refractivity contribution in [2.24, 2.45) is 0 Å². The van der Waals surface area contributed by atoms with Crippen molar-refractivity contribution < 1.29 is 14.3 Å². The molecule has 2 aromatic rings. The van der Waals surface area contributed by atoms with Crippen molar-refractivity contribution in [3.05, 3.63) is 64.4 Å². The minimum absolute atomic E-state index is 0.109. The first-order valence-corrected chi connectivity index (χ1v) is 6.60. The normalized spacial score (nSPS) is 10.5. The molecule has 0 atom stereocenters. The lowest BCUT2D eigenvalue weighted by Gasteiger charge is -2.01. The molecule has 0 radical (unpaired) electrons. The maximum Gasteiger partial charge on any atom is 0.379 e. The van der Waals surface area contributed by atoms with Gasteiger partial charge >= 0.3 is 5.97 Å².